The number of hydrogen-bond acceptors (Lipinski definition) is 10. The molecule has 0 heterocycles. The number of esters is 2. The van der Waals surface area contributed by atoms with Crippen molar-refractivity contribution in [2.75, 3.05) is 26.4 Å². The molecule has 8 nitrogen and oxygen atoms in total. The largest absolute Gasteiger partial charge is 0.507 e. The van der Waals surface area contributed by atoms with E-state index in [4.69, 9.17) is 14.2 Å². The monoisotopic (exact) mass is 775 g/mol. The molecule has 0 aliphatic rings. The fourth-order valence-corrected chi connectivity index (χ4v) is 8.47. The average molecular weight is 776 g/mol. The zero-order valence-electron chi connectivity index (χ0n) is 35.5. The lowest BCUT2D eigenvalue weighted by molar-refractivity contribution is -0.147. The lowest BCUT2D eigenvalue weighted by Crippen LogP contribution is -2.43. The molecule has 2 atom stereocenters. The van der Waals surface area contributed by atoms with Crippen LogP contribution in [0.15, 0.2) is 34.1 Å². The van der Waals surface area contributed by atoms with E-state index in [2.05, 4.69) is 127 Å². The van der Waals surface area contributed by atoms with E-state index in [1.54, 1.807) is 37.4 Å². The molecule has 0 saturated carbocycles. The quantitative estimate of drug-likeness (QED) is 0.0865. The molecule has 3 N–H and O–H groups in total. The summed E-state index contributed by atoms with van der Waals surface area (Å²) in [5, 5.41) is 25.5. The molecule has 10 heteroatoms. The Morgan fingerprint density at radius 2 is 1.11 bits per heavy atom. The predicted octanol–water partition coefficient (Wildman–Crippen LogP) is 9.81. The Hall–Kier alpha value is -2.40. The van der Waals surface area contributed by atoms with Crippen LogP contribution in [0.5, 0.6) is 11.5 Å². The van der Waals surface area contributed by atoms with Crippen LogP contribution in [0.1, 0.15) is 146 Å². The number of benzene rings is 2. The first-order valence-electron chi connectivity index (χ1n) is 18.9. The van der Waals surface area contributed by atoms with Gasteiger partial charge in [-0.15, -0.1) is 23.5 Å². The normalized spacial score (nSPS) is 14.1. The third-order valence-corrected chi connectivity index (χ3v) is 11.1. The van der Waals surface area contributed by atoms with Gasteiger partial charge in [0.2, 0.25) is 0 Å². The van der Waals surface area contributed by atoms with Crippen LogP contribution in [0.25, 0.3) is 0 Å². The second kappa shape index (κ2) is 18.5. The van der Waals surface area contributed by atoms with E-state index in [-0.39, 0.29) is 70.9 Å². The molecule has 0 radical (unpaired) electrons. The molecule has 0 bridgehead atoms. The van der Waals surface area contributed by atoms with Gasteiger partial charge >= 0.3 is 11.9 Å². The summed E-state index contributed by atoms with van der Waals surface area (Å²) in [4.78, 5) is 26.8. The van der Waals surface area contributed by atoms with E-state index in [9.17, 15) is 19.8 Å². The van der Waals surface area contributed by atoms with Gasteiger partial charge in [0, 0.05) is 45.0 Å². The van der Waals surface area contributed by atoms with Crippen molar-refractivity contribution in [3.05, 3.63) is 46.5 Å². The predicted molar refractivity (Wildman–Crippen MR) is 221 cm³/mol. The molecule has 0 saturated heterocycles. The number of rotatable bonds is 16. The second-order valence-electron chi connectivity index (χ2n) is 18.3. The average Bonchev–Trinajstić information content (AvgIpc) is 2.98. The maximum absolute atomic E-state index is 12.6. The van der Waals surface area contributed by atoms with Crippen LogP contribution in [0.3, 0.4) is 0 Å². The van der Waals surface area contributed by atoms with Crippen LogP contribution in [0.4, 0.5) is 0 Å². The van der Waals surface area contributed by atoms with E-state index in [0.717, 1.165) is 37.8 Å². The van der Waals surface area contributed by atoms with Gasteiger partial charge in [0.1, 0.15) is 30.3 Å². The molecule has 0 aromatic heterocycles. The fraction of sp³-hybridized carbons (Fsp3) is 0.674. The van der Waals surface area contributed by atoms with Crippen molar-refractivity contribution in [3.63, 3.8) is 0 Å². The third kappa shape index (κ3) is 14.3. The number of carbonyl (C=O) groups is 2. The fourth-order valence-electron chi connectivity index (χ4n) is 5.89. The van der Waals surface area contributed by atoms with Gasteiger partial charge in [-0.3, -0.25) is 9.59 Å². The standard InChI is InChI=1S/C43H69NO7S2/c1-17-49-35(46)20-19-34(38(48)50-18-2)44-25-27(45)26-51-37-32(41(9,10)11)23-29(24-33(37)42(12,13)14)53-43(15,16)52-28-21-30(39(3,4)5)36(47)31(22-28)40(6,7)8/h21-24,27,34,44-45,47H,17-20,25-26H2,1-16H3/t27?,34-/m0/s1. The number of aromatic hydroxyl groups is 1. The summed E-state index contributed by atoms with van der Waals surface area (Å²) < 4.78 is 16.5. The number of thioether (sulfide) groups is 2. The minimum Gasteiger partial charge on any atom is -0.507 e. The molecular formula is C43H69NO7S2. The summed E-state index contributed by atoms with van der Waals surface area (Å²) in [5.41, 5.74) is 3.02. The summed E-state index contributed by atoms with van der Waals surface area (Å²) in [6.45, 7) is 34.3. The van der Waals surface area contributed by atoms with Crippen molar-refractivity contribution >= 4 is 35.5 Å². The van der Waals surface area contributed by atoms with Crippen LogP contribution >= 0.6 is 23.5 Å². The molecule has 0 aliphatic heterocycles. The molecule has 0 fully saturated rings. The van der Waals surface area contributed by atoms with E-state index < -0.39 is 18.1 Å². The maximum Gasteiger partial charge on any atom is 0.323 e. The van der Waals surface area contributed by atoms with Crippen LogP contribution in [-0.2, 0) is 40.7 Å². The Labute approximate surface area is 329 Å². The van der Waals surface area contributed by atoms with Gasteiger partial charge in [0.05, 0.1) is 17.3 Å². The highest BCUT2D eigenvalue weighted by Crippen LogP contribution is 2.51. The number of phenols is 1. The summed E-state index contributed by atoms with van der Waals surface area (Å²) in [6.07, 6.45) is -0.671. The summed E-state index contributed by atoms with van der Waals surface area (Å²) in [6, 6.07) is 7.96. The van der Waals surface area contributed by atoms with Crippen LogP contribution < -0.4 is 10.1 Å². The van der Waals surface area contributed by atoms with E-state index >= 15 is 0 Å². The first kappa shape index (κ1) is 46.8. The Kier molecular flexibility index (Phi) is 16.3. The zero-order chi connectivity index (χ0) is 40.7. The number of nitrogens with one attached hydrogen (secondary N) is 1. The third-order valence-electron chi connectivity index (χ3n) is 8.64. The van der Waals surface area contributed by atoms with Crippen molar-refractivity contribution in [1.82, 2.24) is 5.32 Å². The molecule has 53 heavy (non-hydrogen) atoms. The lowest BCUT2D eigenvalue weighted by atomic mass is 9.79. The molecule has 0 aliphatic carbocycles. The smallest absolute Gasteiger partial charge is 0.323 e. The van der Waals surface area contributed by atoms with Gasteiger partial charge in [-0.2, -0.15) is 0 Å². The van der Waals surface area contributed by atoms with Crippen molar-refractivity contribution in [1.29, 1.82) is 0 Å². The lowest BCUT2D eigenvalue weighted by Gasteiger charge is -2.33. The molecule has 1 unspecified atom stereocenters. The molecule has 2 aromatic carbocycles. The Balaban J connectivity index is 2.42. The second-order valence-corrected chi connectivity index (χ2v) is 22.0. The van der Waals surface area contributed by atoms with Crippen molar-refractivity contribution < 1.29 is 34.0 Å². The van der Waals surface area contributed by atoms with Gasteiger partial charge in [0.25, 0.3) is 0 Å². The molecule has 0 spiro atoms. The molecule has 2 aromatic rings. The van der Waals surface area contributed by atoms with Crippen molar-refractivity contribution in [3.8, 4) is 11.5 Å². The topological polar surface area (TPSA) is 114 Å². The molecule has 2 rings (SSSR count). The Morgan fingerprint density at radius 3 is 1.51 bits per heavy atom. The molecular weight excluding hydrogens is 707 g/mol. The van der Waals surface area contributed by atoms with E-state index in [1.165, 1.54) is 0 Å². The van der Waals surface area contributed by atoms with E-state index in [1.807, 2.05) is 0 Å². The number of phenolic OH excluding ortho intramolecular Hbond substituents is 1. The minimum absolute atomic E-state index is 0.00743. The maximum atomic E-state index is 12.6. The Bertz CT molecular complexity index is 1470. The number of aliphatic hydroxyl groups excluding tert-OH is 1. The van der Waals surface area contributed by atoms with E-state index in [0.29, 0.717) is 5.75 Å². The van der Waals surface area contributed by atoms with Gasteiger partial charge < -0.3 is 29.7 Å². The zero-order valence-corrected chi connectivity index (χ0v) is 37.1. The summed E-state index contributed by atoms with van der Waals surface area (Å²) in [7, 11) is 0. The first-order chi connectivity index (χ1) is 24.1. The van der Waals surface area contributed by atoms with Crippen LogP contribution in [0, 0.1) is 0 Å². The molecule has 300 valence electrons. The number of hydrogen-bond donors (Lipinski definition) is 3. The summed E-state index contributed by atoms with van der Waals surface area (Å²) in [5.74, 6) is 0.282. The SMILES string of the molecule is CCOC(=O)CC[C@H](NCC(O)COc1c(C(C)(C)C)cc(SC(C)(C)Sc2cc(C(C)(C)C)c(O)c(C(C)(C)C)c2)cc1C(C)(C)C)C(=O)OCC. The minimum atomic E-state index is -0.930. The Morgan fingerprint density at radius 1 is 0.698 bits per heavy atom. The van der Waals surface area contributed by atoms with Crippen molar-refractivity contribution in [2.24, 2.45) is 0 Å². The van der Waals surface area contributed by atoms with Gasteiger partial charge in [-0.1, -0.05) is 83.1 Å². The molecule has 0 amide bonds. The summed E-state index contributed by atoms with van der Waals surface area (Å²) >= 11 is 3.60. The van der Waals surface area contributed by atoms with Crippen LogP contribution in [0.2, 0.25) is 0 Å². The van der Waals surface area contributed by atoms with Gasteiger partial charge in [0.15, 0.2) is 0 Å². The highest BCUT2D eigenvalue weighted by atomic mass is 32.2. The van der Waals surface area contributed by atoms with Gasteiger partial charge in [-0.25, -0.2) is 0 Å². The highest BCUT2D eigenvalue weighted by molar-refractivity contribution is 8.18. The number of ether oxygens (including phenoxy) is 3. The van der Waals surface area contributed by atoms with Crippen LogP contribution in [-0.4, -0.2) is 64.7 Å². The number of aliphatic hydroxyl groups is 1. The highest BCUT2D eigenvalue weighted by Gasteiger charge is 2.33. The number of carbonyl (C=O) groups excluding carboxylic acids is 2. The van der Waals surface area contributed by atoms with Gasteiger partial charge in [-0.05, 0) is 80.0 Å². The van der Waals surface area contributed by atoms with Crippen molar-refractivity contribution in [2.45, 2.75) is 171 Å². The first-order valence-corrected chi connectivity index (χ1v) is 20.6.